The van der Waals surface area contributed by atoms with Crippen molar-refractivity contribution in [3.05, 3.63) is 0 Å². The zero-order valence-electron chi connectivity index (χ0n) is 4.35. The van der Waals surface area contributed by atoms with Crippen LogP contribution in [0.3, 0.4) is 0 Å². The van der Waals surface area contributed by atoms with E-state index in [1.54, 1.807) is 0 Å². The first-order valence-electron chi connectivity index (χ1n) is 2.16. The number of carbonyl (C=O) groups is 1. The Labute approximate surface area is 54.1 Å². The maximum Gasteiger partial charge on any atom is 0.295 e. The van der Waals surface area contributed by atoms with Gasteiger partial charge >= 0.3 is 0 Å². The number of rotatable bonds is 2. The molecule has 0 aliphatic rings. The van der Waals surface area contributed by atoms with Crippen molar-refractivity contribution in [2.24, 2.45) is 0 Å². The van der Waals surface area contributed by atoms with Crippen molar-refractivity contribution >= 4 is 18.5 Å². The molecular formula is C5H7NOS. The predicted octanol–water partition coefficient (Wildman–Crippen LogP) is -0.334. The molecule has 0 saturated heterocycles. The van der Waals surface area contributed by atoms with Gasteiger partial charge in [0.05, 0.1) is 0 Å². The lowest BCUT2D eigenvalue weighted by atomic mass is 10.6. The molecule has 0 aliphatic heterocycles. The molecule has 3 heteroatoms. The minimum atomic E-state index is -0.376. The van der Waals surface area contributed by atoms with Crippen LogP contribution in [0, 0.1) is 12.3 Å². The third-order valence-corrected chi connectivity index (χ3v) is 0.752. The Bertz CT molecular complexity index is 116. The molecule has 0 aromatic heterocycles. The van der Waals surface area contributed by atoms with Gasteiger partial charge in [-0.2, -0.15) is 12.6 Å². The molecule has 0 fully saturated rings. The first kappa shape index (κ1) is 7.38. The Hall–Kier alpha value is -0.620. The molecule has 44 valence electrons. The number of thiol groups is 1. The number of hydrogen-bond acceptors (Lipinski definition) is 2. The van der Waals surface area contributed by atoms with Crippen molar-refractivity contribution in [2.45, 2.75) is 0 Å². The van der Waals surface area contributed by atoms with Crippen molar-refractivity contribution in [1.29, 1.82) is 0 Å². The van der Waals surface area contributed by atoms with Crippen LogP contribution in [-0.4, -0.2) is 18.2 Å². The zero-order valence-corrected chi connectivity index (χ0v) is 5.24. The van der Waals surface area contributed by atoms with Gasteiger partial charge in [-0.3, -0.25) is 4.79 Å². The largest absolute Gasteiger partial charge is 0.344 e. The summed E-state index contributed by atoms with van der Waals surface area (Å²) in [7, 11) is 0. The molecule has 0 spiro atoms. The molecule has 0 radical (unpaired) electrons. The number of amides is 1. The molecular weight excluding hydrogens is 122 g/mol. The van der Waals surface area contributed by atoms with Gasteiger partial charge in [-0.25, -0.2) is 0 Å². The lowest BCUT2D eigenvalue weighted by Gasteiger charge is -1.92. The van der Waals surface area contributed by atoms with E-state index < -0.39 is 0 Å². The average Bonchev–Trinajstić information content (AvgIpc) is 1.83. The summed E-state index contributed by atoms with van der Waals surface area (Å²) in [6, 6.07) is 0. The summed E-state index contributed by atoms with van der Waals surface area (Å²) in [5, 5.41) is 2.43. The SMILES string of the molecule is C#CC(=O)NCCS. The van der Waals surface area contributed by atoms with Crippen LogP contribution in [0.15, 0.2) is 0 Å². The maximum atomic E-state index is 10.2. The molecule has 1 N–H and O–H groups in total. The second-order valence-corrected chi connectivity index (χ2v) is 1.57. The fraction of sp³-hybridized carbons (Fsp3) is 0.400. The van der Waals surface area contributed by atoms with Crippen LogP contribution >= 0.6 is 12.6 Å². The van der Waals surface area contributed by atoms with Crippen LogP contribution in [0.4, 0.5) is 0 Å². The van der Waals surface area contributed by atoms with Gasteiger partial charge in [0.1, 0.15) is 0 Å². The molecule has 1 amide bonds. The highest BCUT2D eigenvalue weighted by Crippen LogP contribution is 1.67. The van der Waals surface area contributed by atoms with E-state index in [1.807, 2.05) is 5.92 Å². The highest BCUT2D eigenvalue weighted by atomic mass is 32.1. The normalized spacial score (nSPS) is 7.50. The molecule has 0 aliphatic carbocycles. The van der Waals surface area contributed by atoms with Gasteiger partial charge in [0.2, 0.25) is 0 Å². The lowest BCUT2D eigenvalue weighted by molar-refractivity contribution is -0.115. The van der Waals surface area contributed by atoms with Gasteiger partial charge in [-0.1, -0.05) is 0 Å². The van der Waals surface area contributed by atoms with Crippen molar-refractivity contribution in [3.8, 4) is 12.3 Å². The van der Waals surface area contributed by atoms with Crippen LogP contribution in [0.5, 0.6) is 0 Å². The molecule has 0 rings (SSSR count). The Morgan fingerprint density at radius 2 is 2.50 bits per heavy atom. The molecule has 0 aromatic rings. The van der Waals surface area contributed by atoms with Gasteiger partial charge in [-0.05, 0) is 5.92 Å². The molecule has 0 unspecified atom stereocenters. The van der Waals surface area contributed by atoms with Gasteiger partial charge < -0.3 is 5.32 Å². The topological polar surface area (TPSA) is 29.1 Å². The monoisotopic (exact) mass is 129 g/mol. The Morgan fingerprint density at radius 1 is 1.88 bits per heavy atom. The van der Waals surface area contributed by atoms with E-state index in [-0.39, 0.29) is 5.91 Å². The average molecular weight is 129 g/mol. The standard InChI is InChI=1S/C5H7NOS/c1-2-5(7)6-3-4-8/h1,8H,3-4H2,(H,6,7). The Kier molecular flexibility index (Phi) is 4.19. The molecule has 2 nitrogen and oxygen atoms in total. The summed E-state index contributed by atoms with van der Waals surface area (Å²) in [6.07, 6.45) is 4.73. The molecule has 0 aromatic carbocycles. The summed E-state index contributed by atoms with van der Waals surface area (Å²) < 4.78 is 0. The quantitative estimate of drug-likeness (QED) is 0.388. The van der Waals surface area contributed by atoms with Crippen molar-refractivity contribution in [1.82, 2.24) is 5.32 Å². The fourth-order valence-corrected chi connectivity index (χ4v) is 0.332. The van der Waals surface area contributed by atoms with E-state index in [9.17, 15) is 4.79 Å². The summed E-state index contributed by atoms with van der Waals surface area (Å²) >= 11 is 3.85. The third-order valence-electron chi connectivity index (χ3n) is 0.528. The van der Waals surface area contributed by atoms with Crippen molar-refractivity contribution in [2.75, 3.05) is 12.3 Å². The van der Waals surface area contributed by atoms with Crippen LogP contribution in [0.2, 0.25) is 0 Å². The summed E-state index contributed by atoms with van der Waals surface area (Å²) in [6.45, 7) is 0.534. The highest BCUT2D eigenvalue weighted by molar-refractivity contribution is 7.80. The van der Waals surface area contributed by atoms with Crippen molar-refractivity contribution in [3.63, 3.8) is 0 Å². The van der Waals surface area contributed by atoms with E-state index in [4.69, 9.17) is 6.42 Å². The van der Waals surface area contributed by atoms with E-state index >= 15 is 0 Å². The first-order valence-corrected chi connectivity index (χ1v) is 2.80. The predicted molar refractivity (Wildman–Crippen MR) is 35.7 cm³/mol. The van der Waals surface area contributed by atoms with Crippen LogP contribution in [0.25, 0.3) is 0 Å². The third kappa shape index (κ3) is 3.57. The molecule has 0 bridgehead atoms. The number of nitrogens with one attached hydrogen (secondary N) is 1. The lowest BCUT2D eigenvalue weighted by Crippen LogP contribution is -2.23. The van der Waals surface area contributed by atoms with Gasteiger partial charge in [0.15, 0.2) is 0 Å². The number of carbonyl (C=O) groups excluding carboxylic acids is 1. The van der Waals surface area contributed by atoms with E-state index in [1.165, 1.54) is 0 Å². The molecule has 0 atom stereocenters. The maximum absolute atomic E-state index is 10.2. The second kappa shape index (κ2) is 4.54. The van der Waals surface area contributed by atoms with Gasteiger partial charge in [-0.15, -0.1) is 6.42 Å². The van der Waals surface area contributed by atoms with Gasteiger partial charge in [0.25, 0.3) is 5.91 Å². The highest BCUT2D eigenvalue weighted by Gasteiger charge is 1.87. The molecule has 0 heterocycles. The molecule has 0 saturated carbocycles. The zero-order chi connectivity index (χ0) is 6.41. The molecule has 8 heavy (non-hydrogen) atoms. The summed E-state index contributed by atoms with van der Waals surface area (Å²) in [5.41, 5.74) is 0. The van der Waals surface area contributed by atoms with Gasteiger partial charge in [0, 0.05) is 12.3 Å². The van der Waals surface area contributed by atoms with E-state index in [0.29, 0.717) is 12.3 Å². The van der Waals surface area contributed by atoms with E-state index in [0.717, 1.165) is 0 Å². The Balaban J connectivity index is 3.16. The van der Waals surface area contributed by atoms with Crippen molar-refractivity contribution < 1.29 is 4.79 Å². The second-order valence-electron chi connectivity index (χ2n) is 1.12. The van der Waals surface area contributed by atoms with Crippen LogP contribution in [0.1, 0.15) is 0 Å². The van der Waals surface area contributed by atoms with E-state index in [2.05, 4.69) is 17.9 Å². The smallest absolute Gasteiger partial charge is 0.295 e. The fourth-order valence-electron chi connectivity index (χ4n) is 0.220. The first-order chi connectivity index (χ1) is 3.81. The number of terminal acetylenes is 1. The summed E-state index contributed by atoms with van der Waals surface area (Å²) in [4.78, 5) is 10.2. The minimum absolute atomic E-state index is 0.376. The summed E-state index contributed by atoms with van der Waals surface area (Å²) in [5.74, 6) is 2.16. The Morgan fingerprint density at radius 3 is 2.88 bits per heavy atom. The minimum Gasteiger partial charge on any atom is -0.344 e. The number of hydrogen-bond donors (Lipinski definition) is 2. The van der Waals surface area contributed by atoms with Crippen LogP contribution < -0.4 is 5.32 Å². The van der Waals surface area contributed by atoms with Crippen LogP contribution in [-0.2, 0) is 4.79 Å².